The SMILES string of the molecule is C[C@@H](OC(=O)c1cccc(S(=O)(=O)N(C)c2ccccc2)c1)C(=O)N1CCCc2ccccc21. The number of hydrogen-bond acceptors (Lipinski definition) is 5. The molecule has 8 heteroatoms. The smallest absolute Gasteiger partial charge is 0.338 e. The molecule has 0 saturated heterocycles. The number of ether oxygens (including phenoxy) is 1. The number of sulfonamides is 1. The molecule has 4 rings (SSSR count). The molecule has 1 heterocycles. The standard InChI is InChI=1S/C26H26N2O5S/c1-19(25(29)28-17-9-12-20-10-6-7-16-24(20)28)33-26(30)21-11-8-15-23(18-21)34(31,32)27(2)22-13-4-3-5-14-22/h3-8,10-11,13-16,18-19H,9,12,17H2,1-2H3/t19-/m1/s1. The first-order chi connectivity index (χ1) is 16.3. The number of para-hydroxylation sites is 2. The van der Waals surface area contributed by atoms with Gasteiger partial charge in [0.25, 0.3) is 15.9 Å². The zero-order valence-corrected chi connectivity index (χ0v) is 19.9. The summed E-state index contributed by atoms with van der Waals surface area (Å²) in [5.74, 6) is -1.07. The van der Waals surface area contributed by atoms with Crippen LogP contribution in [-0.2, 0) is 26.0 Å². The minimum Gasteiger partial charge on any atom is -0.449 e. The Balaban J connectivity index is 1.50. The number of esters is 1. The van der Waals surface area contributed by atoms with Gasteiger partial charge in [0.05, 0.1) is 16.1 Å². The number of hydrogen-bond donors (Lipinski definition) is 0. The van der Waals surface area contributed by atoms with Crippen LogP contribution >= 0.6 is 0 Å². The molecular formula is C26H26N2O5S. The van der Waals surface area contributed by atoms with Gasteiger partial charge in [0, 0.05) is 19.3 Å². The molecule has 1 atom stereocenters. The molecule has 1 aliphatic rings. The largest absolute Gasteiger partial charge is 0.449 e. The van der Waals surface area contributed by atoms with Crippen LogP contribution in [0.25, 0.3) is 0 Å². The Bertz CT molecular complexity index is 1310. The van der Waals surface area contributed by atoms with Gasteiger partial charge in [0.2, 0.25) is 0 Å². The lowest BCUT2D eigenvalue weighted by Crippen LogP contribution is -2.42. The summed E-state index contributed by atoms with van der Waals surface area (Å²) in [6.45, 7) is 2.08. The Morgan fingerprint density at radius 3 is 2.44 bits per heavy atom. The van der Waals surface area contributed by atoms with Gasteiger partial charge >= 0.3 is 5.97 Å². The monoisotopic (exact) mass is 478 g/mol. The number of amides is 1. The molecule has 7 nitrogen and oxygen atoms in total. The average molecular weight is 479 g/mol. The van der Waals surface area contributed by atoms with Crippen molar-refractivity contribution in [2.45, 2.75) is 30.8 Å². The predicted molar refractivity (Wildman–Crippen MR) is 130 cm³/mol. The first kappa shape index (κ1) is 23.5. The van der Waals surface area contributed by atoms with E-state index in [1.54, 1.807) is 35.2 Å². The summed E-state index contributed by atoms with van der Waals surface area (Å²) in [5.41, 5.74) is 2.47. The number of aryl methyl sites for hydroxylation is 1. The summed E-state index contributed by atoms with van der Waals surface area (Å²) in [5, 5.41) is 0. The van der Waals surface area contributed by atoms with Crippen molar-refractivity contribution in [3.05, 3.63) is 90.0 Å². The van der Waals surface area contributed by atoms with Gasteiger partial charge in [0.1, 0.15) is 0 Å². The summed E-state index contributed by atoms with van der Waals surface area (Å²) in [6.07, 6.45) is 0.705. The second-order valence-corrected chi connectivity index (χ2v) is 10.1. The molecule has 0 aliphatic carbocycles. The van der Waals surface area contributed by atoms with Crippen molar-refractivity contribution in [1.82, 2.24) is 0 Å². The van der Waals surface area contributed by atoms with Gasteiger partial charge in [-0.25, -0.2) is 13.2 Å². The quantitative estimate of drug-likeness (QED) is 0.500. The van der Waals surface area contributed by atoms with Crippen molar-refractivity contribution in [2.75, 3.05) is 22.8 Å². The molecule has 0 N–H and O–H groups in total. The highest BCUT2D eigenvalue weighted by Gasteiger charge is 2.29. The van der Waals surface area contributed by atoms with E-state index < -0.39 is 22.1 Å². The Labute approximate surface area is 199 Å². The summed E-state index contributed by atoms with van der Waals surface area (Å²) in [6, 6.07) is 22.0. The Morgan fingerprint density at radius 1 is 0.971 bits per heavy atom. The second kappa shape index (κ2) is 9.69. The maximum absolute atomic E-state index is 13.1. The minimum absolute atomic E-state index is 0.0442. The number of benzene rings is 3. The molecule has 3 aromatic rings. The number of fused-ring (bicyclic) bond motifs is 1. The van der Waals surface area contributed by atoms with E-state index in [9.17, 15) is 18.0 Å². The minimum atomic E-state index is -3.89. The van der Waals surface area contributed by atoms with Gasteiger partial charge in [-0.3, -0.25) is 9.10 Å². The van der Waals surface area contributed by atoms with Crippen LogP contribution in [-0.4, -0.2) is 40.0 Å². The predicted octanol–water partition coefficient (Wildman–Crippen LogP) is 4.04. The van der Waals surface area contributed by atoms with Gasteiger partial charge in [-0.2, -0.15) is 0 Å². The van der Waals surface area contributed by atoms with Crippen LogP contribution in [0.4, 0.5) is 11.4 Å². The first-order valence-electron chi connectivity index (χ1n) is 11.0. The lowest BCUT2D eigenvalue weighted by Gasteiger charge is -2.31. The van der Waals surface area contributed by atoms with Crippen molar-refractivity contribution in [3.63, 3.8) is 0 Å². The normalized spacial score (nSPS) is 14.1. The summed E-state index contributed by atoms with van der Waals surface area (Å²) < 4.78 is 32.7. The Kier molecular flexibility index (Phi) is 6.70. The number of carbonyl (C=O) groups is 2. The summed E-state index contributed by atoms with van der Waals surface area (Å²) in [7, 11) is -2.44. The zero-order chi connectivity index (χ0) is 24.3. The fraction of sp³-hybridized carbons (Fsp3) is 0.231. The fourth-order valence-corrected chi connectivity index (χ4v) is 5.22. The zero-order valence-electron chi connectivity index (χ0n) is 19.0. The number of rotatable bonds is 6. The molecule has 0 unspecified atom stereocenters. The topological polar surface area (TPSA) is 84.0 Å². The highest BCUT2D eigenvalue weighted by molar-refractivity contribution is 7.92. The van der Waals surface area contributed by atoms with Crippen LogP contribution in [0.3, 0.4) is 0 Å². The van der Waals surface area contributed by atoms with E-state index in [0.29, 0.717) is 12.2 Å². The molecule has 1 amide bonds. The molecular weight excluding hydrogens is 452 g/mol. The van der Waals surface area contributed by atoms with Crippen molar-refractivity contribution in [1.29, 1.82) is 0 Å². The molecule has 1 aliphatic heterocycles. The fourth-order valence-electron chi connectivity index (χ4n) is 3.98. The lowest BCUT2D eigenvalue weighted by atomic mass is 10.0. The van der Waals surface area contributed by atoms with Gasteiger partial charge < -0.3 is 9.64 Å². The van der Waals surface area contributed by atoms with E-state index in [-0.39, 0.29) is 16.4 Å². The third kappa shape index (κ3) is 4.68. The molecule has 0 bridgehead atoms. The Hall–Kier alpha value is -3.65. The molecule has 176 valence electrons. The lowest BCUT2D eigenvalue weighted by molar-refractivity contribution is -0.126. The molecule has 34 heavy (non-hydrogen) atoms. The maximum atomic E-state index is 13.1. The van der Waals surface area contributed by atoms with E-state index in [0.717, 1.165) is 28.4 Å². The third-order valence-corrected chi connectivity index (χ3v) is 7.64. The van der Waals surface area contributed by atoms with Crippen molar-refractivity contribution in [2.24, 2.45) is 0 Å². The third-order valence-electron chi connectivity index (χ3n) is 5.86. The number of nitrogens with zero attached hydrogens (tertiary/aromatic N) is 2. The maximum Gasteiger partial charge on any atom is 0.338 e. The van der Waals surface area contributed by atoms with E-state index in [4.69, 9.17) is 4.74 Å². The number of anilines is 2. The van der Waals surface area contributed by atoms with E-state index >= 15 is 0 Å². The summed E-state index contributed by atoms with van der Waals surface area (Å²) in [4.78, 5) is 27.5. The van der Waals surface area contributed by atoms with Crippen LogP contribution in [0.5, 0.6) is 0 Å². The van der Waals surface area contributed by atoms with Crippen molar-refractivity contribution >= 4 is 33.3 Å². The highest BCUT2D eigenvalue weighted by atomic mass is 32.2. The van der Waals surface area contributed by atoms with Gasteiger partial charge in [-0.15, -0.1) is 0 Å². The number of carbonyl (C=O) groups excluding carboxylic acids is 2. The second-order valence-electron chi connectivity index (χ2n) is 8.11. The van der Waals surface area contributed by atoms with E-state index in [2.05, 4.69) is 0 Å². The van der Waals surface area contributed by atoms with Crippen LogP contribution in [0.2, 0.25) is 0 Å². The molecule has 3 aromatic carbocycles. The molecule has 0 spiro atoms. The van der Waals surface area contributed by atoms with E-state index in [1.165, 1.54) is 38.2 Å². The van der Waals surface area contributed by atoms with Crippen molar-refractivity contribution in [3.8, 4) is 0 Å². The van der Waals surface area contributed by atoms with Crippen molar-refractivity contribution < 1.29 is 22.7 Å². The van der Waals surface area contributed by atoms with Crippen LogP contribution in [0.1, 0.15) is 29.3 Å². The summed E-state index contributed by atoms with van der Waals surface area (Å²) >= 11 is 0. The molecule has 0 radical (unpaired) electrons. The molecule has 0 saturated carbocycles. The van der Waals surface area contributed by atoms with Gasteiger partial charge in [-0.1, -0.05) is 42.5 Å². The average Bonchev–Trinajstić information content (AvgIpc) is 2.88. The van der Waals surface area contributed by atoms with Crippen LogP contribution in [0, 0.1) is 0 Å². The van der Waals surface area contributed by atoms with Gasteiger partial charge in [0.15, 0.2) is 6.10 Å². The van der Waals surface area contributed by atoms with Crippen LogP contribution in [0.15, 0.2) is 83.8 Å². The first-order valence-corrected chi connectivity index (χ1v) is 12.5. The molecule has 0 fully saturated rings. The molecule has 0 aromatic heterocycles. The van der Waals surface area contributed by atoms with E-state index in [1.807, 2.05) is 24.3 Å². The highest BCUT2D eigenvalue weighted by Crippen LogP contribution is 2.28. The van der Waals surface area contributed by atoms with Gasteiger partial charge in [-0.05, 0) is 61.7 Å². The Morgan fingerprint density at radius 2 is 1.68 bits per heavy atom. The van der Waals surface area contributed by atoms with Crippen LogP contribution < -0.4 is 9.21 Å².